The molecule has 0 atom stereocenters. The molecule has 2 aromatic rings. The molecule has 2 rings (SSSR count). The summed E-state index contributed by atoms with van der Waals surface area (Å²) < 4.78 is 6.64. The summed E-state index contributed by atoms with van der Waals surface area (Å²) in [6.07, 6.45) is 2.45. The molecule has 0 saturated carbocycles. The Morgan fingerprint density at radius 3 is 2.81 bits per heavy atom. The summed E-state index contributed by atoms with van der Waals surface area (Å²) in [5, 5.41) is 0. The van der Waals surface area contributed by atoms with Gasteiger partial charge >= 0.3 is 5.56 Å². The van der Waals surface area contributed by atoms with Crippen LogP contribution in [0.3, 0.4) is 0 Å². The van der Waals surface area contributed by atoms with E-state index in [2.05, 4.69) is 4.98 Å². The third-order valence-electron chi connectivity index (χ3n) is 2.54. The average molecular weight is 218 g/mol. The number of aromatic nitrogens is 2. The Morgan fingerprint density at radius 1 is 1.44 bits per heavy atom. The molecule has 0 aliphatic rings. The van der Waals surface area contributed by atoms with Crippen molar-refractivity contribution in [2.75, 3.05) is 7.11 Å². The summed E-state index contributed by atoms with van der Waals surface area (Å²) in [4.78, 5) is 16.5. The fraction of sp³-hybridized carbons (Fsp3) is 0.333. The molecule has 16 heavy (non-hydrogen) atoms. The molecule has 0 aliphatic carbocycles. The topological polar surface area (TPSA) is 43.6 Å². The lowest BCUT2D eigenvalue weighted by Crippen LogP contribution is -2.19. The van der Waals surface area contributed by atoms with Gasteiger partial charge in [-0.15, -0.1) is 0 Å². The zero-order chi connectivity index (χ0) is 11.7. The van der Waals surface area contributed by atoms with Crippen LogP contribution in [-0.2, 0) is 6.42 Å². The highest BCUT2D eigenvalue weighted by molar-refractivity contribution is 5.43. The van der Waals surface area contributed by atoms with Crippen LogP contribution >= 0.6 is 0 Å². The normalized spacial score (nSPS) is 10.7. The molecule has 0 aliphatic heterocycles. The Labute approximate surface area is 93.5 Å². The number of methoxy groups -OCH3 is 1. The minimum Gasteiger partial charge on any atom is -0.490 e. The molecule has 0 aromatic carbocycles. The van der Waals surface area contributed by atoms with E-state index in [-0.39, 0.29) is 5.56 Å². The van der Waals surface area contributed by atoms with Crippen LogP contribution in [0.25, 0.3) is 5.65 Å². The molecule has 0 spiro atoms. The maximum atomic E-state index is 12.1. The largest absolute Gasteiger partial charge is 0.490 e. The van der Waals surface area contributed by atoms with E-state index in [1.807, 2.05) is 26.0 Å². The van der Waals surface area contributed by atoms with Crippen molar-refractivity contribution < 1.29 is 4.74 Å². The second-order valence-electron chi connectivity index (χ2n) is 3.69. The van der Waals surface area contributed by atoms with Gasteiger partial charge in [0.15, 0.2) is 0 Å². The summed E-state index contributed by atoms with van der Waals surface area (Å²) in [7, 11) is 1.50. The summed E-state index contributed by atoms with van der Waals surface area (Å²) in [5.41, 5.74) is 2.24. The van der Waals surface area contributed by atoms with E-state index >= 15 is 0 Å². The number of nitrogens with zero attached hydrogens (tertiary/aromatic N) is 2. The Kier molecular flexibility index (Phi) is 2.64. The molecule has 84 valence electrons. The summed E-state index contributed by atoms with van der Waals surface area (Å²) in [6, 6.07) is 3.78. The molecule has 0 unspecified atom stereocenters. The molecule has 0 N–H and O–H groups in total. The Morgan fingerprint density at radius 2 is 2.19 bits per heavy atom. The second kappa shape index (κ2) is 3.96. The van der Waals surface area contributed by atoms with Crippen molar-refractivity contribution in [1.29, 1.82) is 0 Å². The molecular formula is C12H14N2O2. The number of aryl methyl sites for hydroxylation is 2. The van der Waals surface area contributed by atoms with E-state index in [1.54, 1.807) is 6.20 Å². The van der Waals surface area contributed by atoms with Gasteiger partial charge in [0.1, 0.15) is 5.65 Å². The molecule has 0 saturated heterocycles. The smallest absolute Gasteiger partial charge is 0.300 e. The summed E-state index contributed by atoms with van der Waals surface area (Å²) >= 11 is 0. The van der Waals surface area contributed by atoms with Crippen LogP contribution in [0.1, 0.15) is 18.2 Å². The van der Waals surface area contributed by atoms with Crippen molar-refractivity contribution in [3.8, 4) is 5.75 Å². The van der Waals surface area contributed by atoms with E-state index in [0.29, 0.717) is 23.5 Å². The first-order chi connectivity index (χ1) is 7.67. The van der Waals surface area contributed by atoms with Crippen LogP contribution in [0.2, 0.25) is 0 Å². The van der Waals surface area contributed by atoms with E-state index < -0.39 is 0 Å². The van der Waals surface area contributed by atoms with Crippen LogP contribution in [0.4, 0.5) is 0 Å². The maximum Gasteiger partial charge on any atom is 0.300 e. The average Bonchev–Trinajstić information content (AvgIpc) is 2.29. The van der Waals surface area contributed by atoms with Gasteiger partial charge in [0, 0.05) is 6.20 Å². The second-order valence-corrected chi connectivity index (χ2v) is 3.69. The SMILES string of the molecule is CCc1nc2ccc(C)cn2c(=O)c1OC. The molecule has 2 aromatic heterocycles. The number of fused-ring (bicyclic) bond motifs is 1. The Bertz CT molecular complexity index is 587. The van der Waals surface area contributed by atoms with Crippen molar-refractivity contribution in [3.63, 3.8) is 0 Å². The lowest BCUT2D eigenvalue weighted by Gasteiger charge is -2.08. The maximum absolute atomic E-state index is 12.1. The molecule has 0 amide bonds. The van der Waals surface area contributed by atoms with Crippen molar-refractivity contribution >= 4 is 5.65 Å². The van der Waals surface area contributed by atoms with Gasteiger partial charge in [0.05, 0.1) is 12.8 Å². The van der Waals surface area contributed by atoms with Crippen LogP contribution in [0, 0.1) is 6.92 Å². The molecule has 4 heteroatoms. The lowest BCUT2D eigenvalue weighted by molar-refractivity contribution is 0.399. The summed E-state index contributed by atoms with van der Waals surface area (Å²) in [6.45, 7) is 3.89. The van der Waals surface area contributed by atoms with Gasteiger partial charge in [0.2, 0.25) is 5.75 Å². The molecule has 2 heterocycles. The fourth-order valence-electron chi connectivity index (χ4n) is 1.72. The quantitative estimate of drug-likeness (QED) is 0.768. The third-order valence-corrected chi connectivity index (χ3v) is 2.54. The summed E-state index contributed by atoms with van der Waals surface area (Å²) in [5.74, 6) is 0.339. The van der Waals surface area contributed by atoms with Crippen molar-refractivity contribution in [1.82, 2.24) is 9.38 Å². The number of pyridine rings is 1. The van der Waals surface area contributed by atoms with Gasteiger partial charge < -0.3 is 4.74 Å². The minimum atomic E-state index is -0.145. The van der Waals surface area contributed by atoms with Crippen molar-refractivity contribution in [2.45, 2.75) is 20.3 Å². The minimum absolute atomic E-state index is 0.145. The van der Waals surface area contributed by atoms with Gasteiger partial charge in [-0.2, -0.15) is 0 Å². The molecule has 4 nitrogen and oxygen atoms in total. The lowest BCUT2D eigenvalue weighted by atomic mass is 10.2. The first-order valence-electron chi connectivity index (χ1n) is 5.23. The highest BCUT2D eigenvalue weighted by Gasteiger charge is 2.11. The monoisotopic (exact) mass is 218 g/mol. The van der Waals surface area contributed by atoms with E-state index in [0.717, 1.165) is 5.56 Å². The van der Waals surface area contributed by atoms with Crippen LogP contribution in [0.15, 0.2) is 23.1 Å². The number of rotatable bonds is 2. The van der Waals surface area contributed by atoms with Crippen LogP contribution in [0.5, 0.6) is 5.75 Å². The highest BCUT2D eigenvalue weighted by atomic mass is 16.5. The predicted octanol–water partition coefficient (Wildman–Crippen LogP) is 1.57. The van der Waals surface area contributed by atoms with Gasteiger partial charge in [-0.25, -0.2) is 4.98 Å². The first kappa shape index (κ1) is 10.7. The number of ether oxygens (including phenoxy) is 1. The van der Waals surface area contributed by atoms with Gasteiger partial charge in [-0.05, 0) is 25.0 Å². The molecule has 0 bridgehead atoms. The van der Waals surface area contributed by atoms with Crippen LogP contribution < -0.4 is 10.3 Å². The van der Waals surface area contributed by atoms with Gasteiger partial charge in [0.25, 0.3) is 0 Å². The van der Waals surface area contributed by atoms with Crippen molar-refractivity contribution in [2.24, 2.45) is 0 Å². The number of hydrogen-bond donors (Lipinski definition) is 0. The zero-order valence-corrected chi connectivity index (χ0v) is 9.65. The third kappa shape index (κ3) is 1.56. The zero-order valence-electron chi connectivity index (χ0n) is 9.65. The first-order valence-corrected chi connectivity index (χ1v) is 5.23. The molecule has 0 radical (unpaired) electrons. The van der Waals surface area contributed by atoms with Crippen molar-refractivity contribution in [3.05, 3.63) is 39.9 Å². The standard InChI is InChI=1S/C12H14N2O2/c1-4-9-11(16-3)12(15)14-7-8(2)5-6-10(14)13-9/h5-7H,4H2,1-3H3. The predicted molar refractivity (Wildman–Crippen MR) is 62.1 cm³/mol. The fourth-order valence-corrected chi connectivity index (χ4v) is 1.72. The Hall–Kier alpha value is -1.84. The van der Waals surface area contributed by atoms with E-state index in [9.17, 15) is 4.79 Å². The molecular weight excluding hydrogens is 204 g/mol. The van der Waals surface area contributed by atoms with E-state index in [4.69, 9.17) is 4.74 Å². The number of hydrogen-bond acceptors (Lipinski definition) is 3. The Balaban J connectivity index is 2.88. The molecule has 0 fully saturated rings. The van der Waals surface area contributed by atoms with E-state index in [1.165, 1.54) is 11.5 Å². The highest BCUT2D eigenvalue weighted by Crippen LogP contribution is 2.12. The van der Waals surface area contributed by atoms with Gasteiger partial charge in [-0.3, -0.25) is 9.20 Å². The van der Waals surface area contributed by atoms with Gasteiger partial charge in [-0.1, -0.05) is 13.0 Å². The van der Waals surface area contributed by atoms with Crippen LogP contribution in [-0.4, -0.2) is 16.5 Å².